The molecule has 2 aromatic carbocycles. The minimum atomic E-state index is -0.250. The lowest BCUT2D eigenvalue weighted by Crippen LogP contribution is -2.25. The van der Waals surface area contributed by atoms with Crippen molar-refractivity contribution in [3.8, 4) is 5.75 Å². The number of ether oxygens (including phenoxy) is 2. The van der Waals surface area contributed by atoms with Crippen LogP contribution in [0, 0.1) is 5.82 Å². The molecule has 1 aliphatic rings. The Morgan fingerprint density at radius 1 is 1.36 bits per heavy atom. The van der Waals surface area contributed by atoms with Crippen molar-refractivity contribution in [3.05, 3.63) is 63.3 Å². The molecule has 7 heteroatoms. The average molecular weight is 400 g/mol. The normalized spacial score (nSPS) is 16.2. The largest absolute Gasteiger partial charge is 0.468 e. The number of aromatic nitrogens is 2. The zero-order valence-electron chi connectivity index (χ0n) is 15.8. The fourth-order valence-electron chi connectivity index (χ4n) is 3.88. The molecule has 1 N–H and O–H groups in total. The first kappa shape index (κ1) is 19.0. The third kappa shape index (κ3) is 3.52. The van der Waals surface area contributed by atoms with Gasteiger partial charge in [-0.15, -0.1) is 0 Å². The summed E-state index contributed by atoms with van der Waals surface area (Å²) in [6.07, 6.45) is 3.86. The number of fused-ring (bicyclic) bond motifs is 2. The summed E-state index contributed by atoms with van der Waals surface area (Å²) in [6.45, 7) is 0.127. The summed E-state index contributed by atoms with van der Waals surface area (Å²) in [5.41, 5.74) is 2.36. The fourth-order valence-corrected chi connectivity index (χ4v) is 4.28. The second-order valence-corrected chi connectivity index (χ2v) is 7.64. The van der Waals surface area contributed by atoms with E-state index < -0.39 is 0 Å². The van der Waals surface area contributed by atoms with Gasteiger partial charge in [-0.1, -0.05) is 23.9 Å². The minimum Gasteiger partial charge on any atom is -0.468 e. The van der Waals surface area contributed by atoms with Gasteiger partial charge in [-0.3, -0.25) is 4.79 Å². The van der Waals surface area contributed by atoms with E-state index in [2.05, 4.69) is 9.97 Å². The molecule has 1 heterocycles. The maximum atomic E-state index is 14.7. The fraction of sp³-hybridized carbons (Fsp3) is 0.333. The van der Waals surface area contributed by atoms with Crippen LogP contribution in [0.15, 0.2) is 40.3 Å². The first-order chi connectivity index (χ1) is 13.6. The number of H-pyrrole nitrogens is 1. The average Bonchev–Trinajstić information content (AvgIpc) is 2.71. The van der Waals surface area contributed by atoms with Crippen molar-refractivity contribution in [3.63, 3.8) is 0 Å². The predicted molar refractivity (Wildman–Crippen MR) is 108 cm³/mol. The Morgan fingerprint density at radius 3 is 3.00 bits per heavy atom. The Kier molecular flexibility index (Phi) is 5.37. The van der Waals surface area contributed by atoms with Gasteiger partial charge >= 0.3 is 0 Å². The van der Waals surface area contributed by atoms with Crippen LogP contribution >= 0.6 is 11.8 Å². The Hall–Kier alpha value is -2.38. The van der Waals surface area contributed by atoms with Crippen molar-refractivity contribution in [2.75, 3.05) is 20.2 Å². The summed E-state index contributed by atoms with van der Waals surface area (Å²) in [7, 11) is 1.56. The lowest BCUT2D eigenvalue weighted by atomic mass is 9.81. The summed E-state index contributed by atoms with van der Waals surface area (Å²) in [4.78, 5) is 19.7. The molecule has 0 bridgehead atoms. The summed E-state index contributed by atoms with van der Waals surface area (Å²) in [5.74, 6) is 0.451. The van der Waals surface area contributed by atoms with Gasteiger partial charge < -0.3 is 14.5 Å². The number of rotatable bonds is 5. The Morgan fingerprint density at radius 2 is 2.21 bits per heavy atom. The van der Waals surface area contributed by atoms with Crippen LogP contribution in [-0.4, -0.2) is 30.1 Å². The quantitative estimate of drug-likeness (QED) is 0.398. The molecule has 0 aliphatic heterocycles. The zero-order valence-corrected chi connectivity index (χ0v) is 16.6. The van der Waals surface area contributed by atoms with Crippen LogP contribution in [0.25, 0.3) is 10.8 Å². The van der Waals surface area contributed by atoms with Crippen molar-refractivity contribution < 1.29 is 13.9 Å². The first-order valence-electron chi connectivity index (χ1n) is 9.10. The molecule has 28 heavy (non-hydrogen) atoms. The molecule has 5 nitrogen and oxygen atoms in total. The number of thioether (sulfide) groups is 1. The molecule has 0 spiro atoms. The smallest absolute Gasteiger partial charge is 0.254 e. The topological polar surface area (TPSA) is 64.2 Å². The van der Waals surface area contributed by atoms with Crippen molar-refractivity contribution in [2.45, 2.75) is 30.3 Å². The minimum absolute atomic E-state index is 0.0574. The number of halogens is 1. The molecule has 0 amide bonds. The second-order valence-electron chi connectivity index (χ2n) is 6.84. The number of nitrogens with one attached hydrogen (secondary N) is 1. The molecule has 0 fully saturated rings. The van der Waals surface area contributed by atoms with Crippen LogP contribution in [0.1, 0.15) is 29.2 Å². The number of methoxy groups -OCH3 is 1. The summed E-state index contributed by atoms with van der Waals surface area (Å²) in [5, 5.41) is 2.01. The molecule has 4 rings (SSSR count). The number of nitrogens with zero attached hydrogens (tertiary/aromatic N) is 1. The van der Waals surface area contributed by atoms with E-state index in [4.69, 9.17) is 9.47 Å². The third-order valence-corrected chi connectivity index (χ3v) is 5.75. The Bertz CT molecular complexity index is 1080. The highest BCUT2D eigenvalue weighted by Gasteiger charge is 2.26. The molecule has 3 aromatic rings. The van der Waals surface area contributed by atoms with Crippen LogP contribution in [0.4, 0.5) is 4.39 Å². The second kappa shape index (κ2) is 7.93. The van der Waals surface area contributed by atoms with Crippen LogP contribution in [0.5, 0.6) is 5.75 Å². The number of hydrogen-bond acceptors (Lipinski definition) is 5. The molecule has 1 atom stereocenters. The molecule has 0 saturated carbocycles. The summed E-state index contributed by atoms with van der Waals surface area (Å²) in [6, 6.07) is 8.78. The van der Waals surface area contributed by atoms with E-state index in [9.17, 15) is 9.18 Å². The van der Waals surface area contributed by atoms with Crippen LogP contribution < -0.4 is 10.3 Å². The number of aromatic amines is 1. The maximum absolute atomic E-state index is 14.7. The molecule has 1 aliphatic carbocycles. The van der Waals surface area contributed by atoms with E-state index in [-0.39, 0.29) is 24.1 Å². The number of hydrogen-bond donors (Lipinski definition) is 1. The molecule has 1 aromatic heterocycles. The van der Waals surface area contributed by atoms with Crippen LogP contribution in [-0.2, 0) is 17.6 Å². The van der Waals surface area contributed by atoms with Crippen molar-refractivity contribution >= 4 is 22.5 Å². The number of benzene rings is 2. The van der Waals surface area contributed by atoms with Gasteiger partial charge in [-0.2, -0.15) is 0 Å². The SMILES string of the molecule is COCOc1cc(C2CCc3c(nc(SC)[nH]c3=O)C2)c2c(F)cccc2c1. The van der Waals surface area contributed by atoms with E-state index in [0.29, 0.717) is 29.1 Å². The van der Waals surface area contributed by atoms with E-state index in [1.54, 1.807) is 13.2 Å². The summed E-state index contributed by atoms with van der Waals surface area (Å²) >= 11 is 1.41. The lowest BCUT2D eigenvalue weighted by molar-refractivity contribution is 0.0511. The van der Waals surface area contributed by atoms with E-state index in [1.807, 2.05) is 24.5 Å². The molecule has 146 valence electrons. The lowest BCUT2D eigenvalue weighted by Gasteiger charge is -2.25. The Balaban J connectivity index is 1.80. The van der Waals surface area contributed by atoms with E-state index in [1.165, 1.54) is 17.8 Å². The van der Waals surface area contributed by atoms with Gasteiger partial charge in [0.05, 0.1) is 5.69 Å². The van der Waals surface area contributed by atoms with Gasteiger partial charge in [0.2, 0.25) is 0 Å². The Labute approximate surface area is 166 Å². The van der Waals surface area contributed by atoms with Gasteiger partial charge in [0.1, 0.15) is 11.6 Å². The highest BCUT2D eigenvalue weighted by molar-refractivity contribution is 7.98. The van der Waals surface area contributed by atoms with Crippen molar-refractivity contribution in [1.29, 1.82) is 0 Å². The monoisotopic (exact) mass is 400 g/mol. The van der Waals surface area contributed by atoms with Gasteiger partial charge in [-0.05, 0) is 60.6 Å². The van der Waals surface area contributed by atoms with Crippen LogP contribution in [0.3, 0.4) is 0 Å². The van der Waals surface area contributed by atoms with Crippen LogP contribution in [0.2, 0.25) is 0 Å². The summed E-state index contributed by atoms with van der Waals surface area (Å²) < 4.78 is 25.4. The molecular formula is C21H21FN2O3S. The molecule has 1 unspecified atom stereocenters. The highest BCUT2D eigenvalue weighted by Crippen LogP contribution is 2.38. The molecular weight excluding hydrogens is 379 g/mol. The van der Waals surface area contributed by atoms with E-state index >= 15 is 0 Å². The van der Waals surface area contributed by atoms with Gasteiger partial charge in [0.15, 0.2) is 11.9 Å². The molecule has 0 saturated heterocycles. The zero-order chi connectivity index (χ0) is 19.7. The van der Waals surface area contributed by atoms with Crippen molar-refractivity contribution in [1.82, 2.24) is 9.97 Å². The third-order valence-electron chi connectivity index (χ3n) is 5.17. The van der Waals surface area contributed by atoms with Gasteiger partial charge in [0.25, 0.3) is 5.56 Å². The van der Waals surface area contributed by atoms with Gasteiger partial charge in [-0.25, -0.2) is 9.37 Å². The molecule has 0 radical (unpaired) electrons. The standard InChI is InChI=1S/C21H21FN2O3S/c1-26-11-27-14-8-13-4-3-5-17(22)19(13)16(10-14)12-6-7-15-18(9-12)23-21(28-2)24-20(15)25/h3-5,8,10,12H,6-7,9,11H2,1-2H3,(H,23,24,25). The van der Waals surface area contributed by atoms with Gasteiger partial charge in [0, 0.05) is 18.1 Å². The maximum Gasteiger partial charge on any atom is 0.254 e. The van der Waals surface area contributed by atoms with Crippen molar-refractivity contribution in [2.24, 2.45) is 0 Å². The van der Waals surface area contributed by atoms with E-state index in [0.717, 1.165) is 28.6 Å². The first-order valence-corrected chi connectivity index (χ1v) is 10.3. The predicted octanol–water partition coefficient (Wildman–Crippen LogP) is 4.04. The highest BCUT2D eigenvalue weighted by atomic mass is 32.2.